The van der Waals surface area contributed by atoms with Crippen LogP contribution in [0.1, 0.15) is 51.0 Å². The van der Waals surface area contributed by atoms with Gasteiger partial charge in [-0.1, -0.05) is 23.7 Å². The summed E-state index contributed by atoms with van der Waals surface area (Å²) in [4.78, 5) is 43.3. The molecule has 3 aliphatic heterocycles. The molecular formula is C26H36ClN3O5. The number of carbonyl (C=O) groups is 3. The summed E-state index contributed by atoms with van der Waals surface area (Å²) in [5.41, 5.74) is 0.700. The van der Waals surface area contributed by atoms with E-state index in [0.717, 1.165) is 18.4 Å². The number of amides is 3. The molecule has 9 heteroatoms. The smallest absolute Gasteiger partial charge is 0.407 e. The number of hydrogen-bond acceptors (Lipinski definition) is 4. The molecule has 0 aromatic heterocycles. The molecule has 3 amide bonds. The largest absolute Gasteiger partial charge is 0.465 e. The summed E-state index contributed by atoms with van der Waals surface area (Å²) in [5.74, 6) is -0.0400. The molecule has 0 spiro atoms. The highest BCUT2D eigenvalue weighted by Gasteiger charge is 2.43. The van der Waals surface area contributed by atoms with Crippen molar-refractivity contribution in [3.8, 4) is 0 Å². The summed E-state index contributed by atoms with van der Waals surface area (Å²) >= 11 is 6.04. The standard InChI is InChI=1S/C26H36ClN3O5/c1-26(2)14-19(10-13-35-26)24(32)29-11-8-18(9-12-29)23(31)30-15-21(17-4-6-20(27)7-5-17)22(16-30)28(3)25(33)34/h4-7,18-19,21-22H,8-16H2,1-3H3,(H,33,34)/t19?,21-,22+/m0/s1. The number of likely N-dealkylation sites (tertiary alicyclic amines) is 2. The van der Waals surface area contributed by atoms with E-state index < -0.39 is 6.09 Å². The summed E-state index contributed by atoms with van der Waals surface area (Å²) in [6, 6.07) is 7.09. The minimum Gasteiger partial charge on any atom is -0.465 e. The first-order valence-corrected chi connectivity index (χ1v) is 12.9. The molecule has 1 unspecified atom stereocenters. The van der Waals surface area contributed by atoms with Crippen molar-refractivity contribution in [1.82, 2.24) is 14.7 Å². The Labute approximate surface area is 212 Å². The number of carbonyl (C=O) groups excluding carboxylic acids is 2. The van der Waals surface area contributed by atoms with Gasteiger partial charge < -0.3 is 24.5 Å². The second-order valence-corrected chi connectivity index (χ2v) is 11.2. The molecule has 0 radical (unpaired) electrons. The predicted octanol–water partition coefficient (Wildman–Crippen LogP) is 3.69. The lowest BCUT2D eigenvalue weighted by Crippen LogP contribution is -2.48. The third-order valence-electron chi connectivity index (χ3n) is 7.90. The van der Waals surface area contributed by atoms with Gasteiger partial charge in [-0.3, -0.25) is 9.59 Å². The van der Waals surface area contributed by atoms with Gasteiger partial charge in [0, 0.05) is 62.6 Å². The molecule has 1 N–H and O–H groups in total. The summed E-state index contributed by atoms with van der Waals surface area (Å²) in [7, 11) is 1.56. The van der Waals surface area contributed by atoms with Gasteiger partial charge in [-0.05, 0) is 57.2 Å². The number of rotatable bonds is 4. The number of likely N-dealkylation sites (N-methyl/N-ethyl adjacent to an activating group) is 1. The quantitative estimate of drug-likeness (QED) is 0.674. The SMILES string of the molecule is CN(C(=O)O)[C@@H]1CN(C(=O)C2CCN(C(=O)C3CCOC(C)(C)C3)CC2)C[C@H]1c1ccc(Cl)cc1. The van der Waals surface area contributed by atoms with E-state index in [1.165, 1.54) is 4.90 Å². The van der Waals surface area contributed by atoms with Crippen LogP contribution in [0.3, 0.4) is 0 Å². The molecule has 3 aliphatic rings. The van der Waals surface area contributed by atoms with Gasteiger partial charge in [0.15, 0.2) is 0 Å². The second-order valence-electron chi connectivity index (χ2n) is 10.8. The number of halogens is 1. The Morgan fingerprint density at radius 3 is 2.23 bits per heavy atom. The molecular weight excluding hydrogens is 470 g/mol. The van der Waals surface area contributed by atoms with E-state index in [-0.39, 0.29) is 41.2 Å². The zero-order valence-corrected chi connectivity index (χ0v) is 21.5. The number of piperidine rings is 1. The zero-order valence-electron chi connectivity index (χ0n) is 20.8. The number of ether oxygens (including phenoxy) is 1. The fraction of sp³-hybridized carbons (Fsp3) is 0.654. The molecule has 0 aliphatic carbocycles. The Morgan fingerprint density at radius 1 is 1.00 bits per heavy atom. The maximum absolute atomic E-state index is 13.5. The first-order chi connectivity index (χ1) is 16.6. The summed E-state index contributed by atoms with van der Waals surface area (Å²) < 4.78 is 5.76. The van der Waals surface area contributed by atoms with Crippen molar-refractivity contribution in [2.24, 2.45) is 11.8 Å². The average Bonchev–Trinajstić information content (AvgIpc) is 3.28. The van der Waals surface area contributed by atoms with E-state index >= 15 is 0 Å². The highest BCUT2D eigenvalue weighted by atomic mass is 35.5. The van der Waals surface area contributed by atoms with Crippen LogP contribution in [0.25, 0.3) is 0 Å². The third kappa shape index (κ3) is 5.75. The molecule has 0 saturated carbocycles. The summed E-state index contributed by atoms with van der Waals surface area (Å²) in [6.07, 6.45) is 1.74. The third-order valence-corrected chi connectivity index (χ3v) is 8.15. The first-order valence-electron chi connectivity index (χ1n) is 12.5. The van der Waals surface area contributed by atoms with Crippen LogP contribution >= 0.6 is 11.6 Å². The summed E-state index contributed by atoms with van der Waals surface area (Å²) in [6.45, 7) is 6.66. The Bertz CT molecular complexity index is 945. The van der Waals surface area contributed by atoms with Crippen molar-refractivity contribution in [2.45, 2.75) is 57.1 Å². The van der Waals surface area contributed by atoms with Crippen molar-refractivity contribution in [3.05, 3.63) is 34.9 Å². The maximum Gasteiger partial charge on any atom is 0.407 e. The minimum absolute atomic E-state index is 0.0166. The van der Waals surface area contributed by atoms with Gasteiger partial charge in [-0.25, -0.2) is 4.79 Å². The van der Waals surface area contributed by atoms with Crippen LogP contribution in [0.2, 0.25) is 5.02 Å². The summed E-state index contributed by atoms with van der Waals surface area (Å²) in [5, 5.41) is 10.2. The van der Waals surface area contributed by atoms with Gasteiger partial charge in [-0.15, -0.1) is 0 Å². The van der Waals surface area contributed by atoms with Crippen molar-refractivity contribution >= 4 is 29.5 Å². The van der Waals surface area contributed by atoms with Gasteiger partial charge in [0.05, 0.1) is 11.6 Å². The fourth-order valence-electron chi connectivity index (χ4n) is 5.84. The molecule has 4 rings (SSSR count). The number of benzene rings is 1. The van der Waals surface area contributed by atoms with Crippen molar-refractivity contribution < 1.29 is 24.2 Å². The van der Waals surface area contributed by atoms with E-state index in [9.17, 15) is 19.5 Å². The van der Waals surface area contributed by atoms with Crippen LogP contribution in [-0.4, -0.2) is 89.2 Å². The lowest BCUT2D eigenvalue weighted by atomic mass is 9.86. The first kappa shape index (κ1) is 25.8. The van der Waals surface area contributed by atoms with E-state index in [1.807, 2.05) is 35.8 Å². The number of carboxylic acid groups (broad SMARTS) is 1. The van der Waals surface area contributed by atoms with Crippen LogP contribution in [0.5, 0.6) is 0 Å². The van der Waals surface area contributed by atoms with E-state index in [1.54, 1.807) is 19.2 Å². The van der Waals surface area contributed by atoms with Gasteiger partial charge in [-0.2, -0.15) is 0 Å². The van der Waals surface area contributed by atoms with Crippen molar-refractivity contribution in [1.29, 1.82) is 0 Å². The molecule has 0 bridgehead atoms. The van der Waals surface area contributed by atoms with Gasteiger partial charge in [0.2, 0.25) is 11.8 Å². The molecule has 3 saturated heterocycles. The highest BCUT2D eigenvalue weighted by Crippen LogP contribution is 2.35. The Morgan fingerprint density at radius 2 is 1.63 bits per heavy atom. The maximum atomic E-state index is 13.5. The molecule has 35 heavy (non-hydrogen) atoms. The Kier molecular flexibility index (Phi) is 7.62. The molecule has 3 atom stereocenters. The Balaban J connectivity index is 1.38. The molecule has 1 aromatic rings. The van der Waals surface area contributed by atoms with Crippen LogP contribution in [0, 0.1) is 11.8 Å². The van der Waals surface area contributed by atoms with E-state index in [0.29, 0.717) is 50.7 Å². The minimum atomic E-state index is -1.01. The normalized spacial score (nSPS) is 27.0. The topological polar surface area (TPSA) is 90.4 Å². The van der Waals surface area contributed by atoms with Crippen LogP contribution < -0.4 is 0 Å². The Hall–Kier alpha value is -2.32. The molecule has 3 fully saturated rings. The number of hydrogen-bond donors (Lipinski definition) is 1. The van der Waals surface area contributed by atoms with E-state index in [4.69, 9.17) is 16.3 Å². The highest BCUT2D eigenvalue weighted by molar-refractivity contribution is 6.30. The average molecular weight is 506 g/mol. The second kappa shape index (κ2) is 10.3. The molecule has 3 heterocycles. The van der Waals surface area contributed by atoms with Gasteiger partial charge in [0.1, 0.15) is 0 Å². The van der Waals surface area contributed by atoms with Crippen LogP contribution in [0.15, 0.2) is 24.3 Å². The van der Waals surface area contributed by atoms with Crippen LogP contribution in [0.4, 0.5) is 4.79 Å². The van der Waals surface area contributed by atoms with Gasteiger partial charge in [0.25, 0.3) is 0 Å². The van der Waals surface area contributed by atoms with E-state index in [2.05, 4.69) is 0 Å². The number of nitrogens with zero attached hydrogens (tertiary/aromatic N) is 3. The van der Waals surface area contributed by atoms with Crippen LogP contribution in [-0.2, 0) is 14.3 Å². The molecule has 1 aromatic carbocycles. The monoisotopic (exact) mass is 505 g/mol. The van der Waals surface area contributed by atoms with Crippen molar-refractivity contribution in [3.63, 3.8) is 0 Å². The molecule has 8 nitrogen and oxygen atoms in total. The zero-order chi connectivity index (χ0) is 25.3. The molecule has 192 valence electrons. The van der Waals surface area contributed by atoms with Crippen molar-refractivity contribution in [2.75, 3.05) is 39.8 Å². The van der Waals surface area contributed by atoms with Gasteiger partial charge >= 0.3 is 6.09 Å². The fourth-order valence-corrected chi connectivity index (χ4v) is 5.97. The predicted molar refractivity (Wildman–Crippen MR) is 132 cm³/mol. The lowest BCUT2D eigenvalue weighted by Gasteiger charge is -2.39. The lowest BCUT2D eigenvalue weighted by molar-refractivity contribution is -0.148.